The lowest BCUT2D eigenvalue weighted by atomic mass is 10.1. The van der Waals surface area contributed by atoms with Crippen molar-refractivity contribution in [2.45, 2.75) is 26.8 Å². The first-order valence-electron chi connectivity index (χ1n) is 6.17. The number of aryl methyl sites for hydroxylation is 2. The van der Waals surface area contributed by atoms with E-state index in [1.54, 1.807) is 0 Å². The Morgan fingerprint density at radius 1 is 1.56 bits per heavy atom. The molecule has 0 saturated carbocycles. The minimum atomic E-state index is 0.112. The van der Waals surface area contributed by atoms with E-state index in [1.807, 2.05) is 31.7 Å². The van der Waals surface area contributed by atoms with Crippen molar-refractivity contribution in [3.63, 3.8) is 0 Å². The summed E-state index contributed by atoms with van der Waals surface area (Å²) in [5.74, 6) is 3.20. The predicted octanol–water partition coefficient (Wildman–Crippen LogP) is 1.92. The maximum Gasteiger partial charge on any atom is 0.140 e. The number of nitrogens with zero attached hydrogens (tertiary/aromatic N) is 2. The maximum atomic E-state index is 7.78. The van der Waals surface area contributed by atoms with Crippen molar-refractivity contribution in [3.8, 4) is 0 Å². The molecule has 0 spiro atoms. The van der Waals surface area contributed by atoms with Crippen LogP contribution in [-0.2, 0) is 0 Å². The molecule has 4 nitrogen and oxygen atoms in total. The summed E-state index contributed by atoms with van der Waals surface area (Å²) < 4.78 is 0. The first-order chi connectivity index (χ1) is 8.50. The zero-order valence-corrected chi connectivity index (χ0v) is 12.0. The number of hydrogen-bond acceptors (Lipinski definition) is 4. The number of hydrogen-bond donors (Lipinski definition) is 2. The molecule has 98 valence electrons. The molecule has 0 aliphatic carbocycles. The average Bonchev–Trinajstić information content (AvgIpc) is 2.27. The lowest BCUT2D eigenvalue weighted by Gasteiger charge is -2.35. The number of nitrogens with two attached hydrogens (primary N) is 1. The molecule has 2 heterocycles. The second-order valence-corrected chi connectivity index (χ2v) is 5.96. The summed E-state index contributed by atoms with van der Waals surface area (Å²) in [7, 11) is 0. The Morgan fingerprint density at radius 2 is 2.28 bits per heavy atom. The van der Waals surface area contributed by atoms with Gasteiger partial charge in [0.1, 0.15) is 11.7 Å². The van der Waals surface area contributed by atoms with Crippen LogP contribution in [0.2, 0.25) is 0 Å². The van der Waals surface area contributed by atoms with Crippen molar-refractivity contribution in [1.82, 2.24) is 4.98 Å². The maximum absolute atomic E-state index is 7.78. The molecule has 1 unspecified atom stereocenters. The molecule has 3 N–H and O–H groups in total. The van der Waals surface area contributed by atoms with E-state index in [2.05, 4.69) is 16.8 Å². The summed E-state index contributed by atoms with van der Waals surface area (Å²) in [6, 6.07) is 2.43. The van der Waals surface area contributed by atoms with Crippen LogP contribution in [0.3, 0.4) is 0 Å². The third-order valence-electron chi connectivity index (χ3n) is 3.23. The largest absolute Gasteiger partial charge is 0.384 e. The van der Waals surface area contributed by atoms with Crippen LogP contribution >= 0.6 is 11.8 Å². The first kappa shape index (κ1) is 13.2. The van der Waals surface area contributed by atoms with Gasteiger partial charge < -0.3 is 10.6 Å². The summed E-state index contributed by atoms with van der Waals surface area (Å²) >= 11 is 1.97. The van der Waals surface area contributed by atoms with Crippen LogP contribution in [0.1, 0.15) is 23.7 Å². The second-order valence-electron chi connectivity index (χ2n) is 4.81. The standard InChI is InChI=1S/C13H20N4S/c1-8-6-9(2)16-13(11(8)12(14)15)17-4-5-18-7-10(17)3/h6,10H,4-5,7H2,1-3H3,(H3,14,15). The highest BCUT2D eigenvalue weighted by molar-refractivity contribution is 7.99. The third-order valence-corrected chi connectivity index (χ3v) is 4.42. The molecule has 2 rings (SSSR count). The van der Waals surface area contributed by atoms with Crippen molar-refractivity contribution in [1.29, 1.82) is 5.41 Å². The molecule has 1 aliphatic rings. The van der Waals surface area contributed by atoms with E-state index >= 15 is 0 Å². The number of anilines is 1. The van der Waals surface area contributed by atoms with Crippen molar-refractivity contribution >= 4 is 23.4 Å². The van der Waals surface area contributed by atoms with Gasteiger partial charge in [0.15, 0.2) is 0 Å². The van der Waals surface area contributed by atoms with Crippen molar-refractivity contribution in [3.05, 3.63) is 22.9 Å². The van der Waals surface area contributed by atoms with E-state index in [1.165, 1.54) is 0 Å². The normalized spacial score (nSPS) is 19.9. The number of nitrogens with one attached hydrogen (secondary N) is 1. The Labute approximate surface area is 112 Å². The molecule has 0 bridgehead atoms. The lowest BCUT2D eigenvalue weighted by Crippen LogP contribution is -2.42. The SMILES string of the molecule is Cc1cc(C)c(C(=N)N)c(N2CCSCC2C)n1. The molecule has 1 fully saturated rings. The zero-order valence-electron chi connectivity index (χ0n) is 11.2. The monoisotopic (exact) mass is 264 g/mol. The predicted molar refractivity (Wildman–Crippen MR) is 78.9 cm³/mol. The van der Waals surface area contributed by atoms with E-state index in [0.717, 1.165) is 40.7 Å². The van der Waals surface area contributed by atoms with Gasteiger partial charge in [-0.25, -0.2) is 4.98 Å². The average molecular weight is 264 g/mol. The first-order valence-corrected chi connectivity index (χ1v) is 7.33. The van der Waals surface area contributed by atoms with Gasteiger partial charge in [-0.2, -0.15) is 11.8 Å². The molecule has 0 radical (unpaired) electrons. The van der Waals surface area contributed by atoms with Crippen LogP contribution in [0.4, 0.5) is 5.82 Å². The summed E-state index contributed by atoms with van der Waals surface area (Å²) in [6.45, 7) is 7.17. The molecular formula is C13H20N4S. The zero-order chi connectivity index (χ0) is 13.3. The number of rotatable bonds is 2. The smallest absolute Gasteiger partial charge is 0.140 e. The van der Waals surface area contributed by atoms with Gasteiger partial charge in [-0.05, 0) is 32.4 Å². The Balaban J connectivity index is 2.50. The molecule has 1 aromatic heterocycles. The van der Waals surface area contributed by atoms with Crippen LogP contribution in [0, 0.1) is 19.3 Å². The van der Waals surface area contributed by atoms with Crippen molar-refractivity contribution in [2.24, 2.45) is 5.73 Å². The molecule has 1 aliphatic heterocycles. The minimum Gasteiger partial charge on any atom is -0.384 e. The fourth-order valence-corrected chi connectivity index (χ4v) is 3.41. The van der Waals surface area contributed by atoms with Gasteiger partial charge in [-0.1, -0.05) is 0 Å². The summed E-state index contributed by atoms with van der Waals surface area (Å²) in [5, 5.41) is 7.78. The summed E-state index contributed by atoms with van der Waals surface area (Å²) in [6.07, 6.45) is 0. The Morgan fingerprint density at radius 3 is 2.89 bits per heavy atom. The van der Waals surface area contributed by atoms with E-state index in [9.17, 15) is 0 Å². The fourth-order valence-electron chi connectivity index (χ4n) is 2.40. The van der Waals surface area contributed by atoms with Crippen molar-refractivity contribution in [2.75, 3.05) is 23.0 Å². The Kier molecular flexibility index (Phi) is 3.80. The van der Waals surface area contributed by atoms with Crippen LogP contribution in [0.25, 0.3) is 0 Å². The highest BCUT2D eigenvalue weighted by Crippen LogP contribution is 2.27. The number of amidine groups is 1. The molecular weight excluding hydrogens is 244 g/mol. The summed E-state index contributed by atoms with van der Waals surface area (Å²) in [4.78, 5) is 6.91. The molecule has 5 heteroatoms. The van der Waals surface area contributed by atoms with E-state index in [4.69, 9.17) is 11.1 Å². The Bertz CT molecular complexity index is 472. The summed E-state index contributed by atoms with van der Waals surface area (Å²) in [5.41, 5.74) is 8.54. The molecule has 1 saturated heterocycles. The van der Waals surface area contributed by atoms with Gasteiger partial charge in [0.25, 0.3) is 0 Å². The molecule has 1 aromatic rings. The van der Waals surface area contributed by atoms with Gasteiger partial charge in [0.2, 0.25) is 0 Å². The highest BCUT2D eigenvalue weighted by atomic mass is 32.2. The van der Waals surface area contributed by atoms with Gasteiger partial charge in [-0.3, -0.25) is 5.41 Å². The topological polar surface area (TPSA) is 66.0 Å². The van der Waals surface area contributed by atoms with E-state index < -0.39 is 0 Å². The molecule has 1 atom stereocenters. The molecule has 18 heavy (non-hydrogen) atoms. The Hall–Kier alpha value is -1.23. The number of thioether (sulfide) groups is 1. The van der Waals surface area contributed by atoms with E-state index in [0.29, 0.717) is 6.04 Å². The van der Waals surface area contributed by atoms with Gasteiger partial charge in [0.05, 0.1) is 5.56 Å². The van der Waals surface area contributed by atoms with Gasteiger partial charge in [0, 0.05) is 29.8 Å². The van der Waals surface area contributed by atoms with Crippen molar-refractivity contribution < 1.29 is 0 Å². The van der Waals surface area contributed by atoms with Gasteiger partial charge >= 0.3 is 0 Å². The van der Waals surface area contributed by atoms with Crippen LogP contribution in [-0.4, -0.2) is 34.9 Å². The van der Waals surface area contributed by atoms with Gasteiger partial charge in [-0.15, -0.1) is 0 Å². The fraction of sp³-hybridized carbons (Fsp3) is 0.538. The van der Waals surface area contributed by atoms with Crippen LogP contribution in [0.5, 0.6) is 0 Å². The number of nitrogen functional groups attached to an aromatic ring is 1. The lowest BCUT2D eigenvalue weighted by molar-refractivity contribution is 0.687. The minimum absolute atomic E-state index is 0.112. The molecule has 0 amide bonds. The number of aromatic nitrogens is 1. The van der Waals surface area contributed by atoms with Crippen LogP contribution in [0.15, 0.2) is 6.07 Å². The third kappa shape index (κ3) is 2.46. The van der Waals surface area contributed by atoms with Crippen LogP contribution < -0.4 is 10.6 Å². The highest BCUT2D eigenvalue weighted by Gasteiger charge is 2.24. The quantitative estimate of drug-likeness (QED) is 0.633. The van der Waals surface area contributed by atoms with E-state index in [-0.39, 0.29) is 5.84 Å². The molecule has 0 aromatic carbocycles. The number of pyridine rings is 1. The second kappa shape index (κ2) is 5.18.